The first-order chi connectivity index (χ1) is 7.85. The third-order valence-corrected chi connectivity index (χ3v) is 2.54. The van der Waals surface area contributed by atoms with Gasteiger partial charge in [-0.05, 0) is 25.7 Å². The summed E-state index contributed by atoms with van der Waals surface area (Å²) in [6, 6.07) is 1.87. The quantitative estimate of drug-likeness (QED) is 0.872. The van der Waals surface area contributed by atoms with Crippen molar-refractivity contribution < 1.29 is 0 Å². The second-order valence-electron chi connectivity index (χ2n) is 5.49. The zero-order valence-electron chi connectivity index (χ0n) is 11.6. The average molecular weight is 236 g/mol. The Morgan fingerprint density at radius 3 is 2.24 bits per heavy atom. The van der Waals surface area contributed by atoms with Gasteiger partial charge in [-0.2, -0.15) is 4.98 Å². The highest BCUT2D eigenvalue weighted by atomic mass is 15.2. The van der Waals surface area contributed by atoms with Crippen molar-refractivity contribution in [2.45, 2.75) is 41.0 Å². The van der Waals surface area contributed by atoms with Crippen LogP contribution in [0.1, 0.15) is 40.3 Å². The van der Waals surface area contributed by atoms with Gasteiger partial charge in [0.1, 0.15) is 5.82 Å². The maximum absolute atomic E-state index is 5.85. The Hall–Kier alpha value is -1.32. The first kappa shape index (κ1) is 13.7. The highest BCUT2D eigenvalue weighted by molar-refractivity contribution is 5.40. The lowest BCUT2D eigenvalue weighted by Crippen LogP contribution is -2.25. The van der Waals surface area contributed by atoms with Crippen molar-refractivity contribution in [2.24, 2.45) is 5.41 Å². The van der Waals surface area contributed by atoms with Crippen LogP contribution in [0.25, 0.3) is 0 Å². The molecular formula is C13H24N4. The number of rotatable bonds is 4. The lowest BCUT2D eigenvalue weighted by Gasteiger charge is -2.22. The Morgan fingerprint density at radius 1 is 1.18 bits per heavy atom. The van der Waals surface area contributed by atoms with E-state index in [2.05, 4.69) is 49.5 Å². The van der Waals surface area contributed by atoms with Crippen LogP contribution in [0.2, 0.25) is 0 Å². The SMILES string of the molecule is CCN(CC)c1nc(N)cc(CC(C)(C)C)n1. The molecule has 1 rings (SSSR count). The van der Waals surface area contributed by atoms with E-state index in [1.807, 2.05) is 6.07 Å². The van der Waals surface area contributed by atoms with Crippen molar-refractivity contribution in [1.29, 1.82) is 0 Å². The fourth-order valence-electron chi connectivity index (χ4n) is 1.79. The van der Waals surface area contributed by atoms with E-state index in [0.717, 1.165) is 31.2 Å². The molecule has 4 heteroatoms. The summed E-state index contributed by atoms with van der Waals surface area (Å²) in [5.74, 6) is 1.30. The maximum Gasteiger partial charge on any atom is 0.227 e. The molecule has 4 nitrogen and oxygen atoms in total. The van der Waals surface area contributed by atoms with Gasteiger partial charge in [-0.1, -0.05) is 20.8 Å². The molecule has 0 aliphatic rings. The van der Waals surface area contributed by atoms with Crippen LogP contribution < -0.4 is 10.6 Å². The monoisotopic (exact) mass is 236 g/mol. The van der Waals surface area contributed by atoms with Gasteiger partial charge in [-0.15, -0.1) is 0 Å². The first-order valence-electron chi connectivity index (χ1n) is 6.24. The van der Waals surface area contributed by atoms with E-state index < -0.39 is 0 Å². The van der Waals surface area contributed by atoms with E-state index in [-0.39, 0.29) is 5.41 Å². The summed E-state index contributed by atoms with van der Waals surface area (Å²) in [4.78, 5) is 11.0. The molecule has 0 aliphatic heterocycles. The fourth-order valence-corrected chi connectivity index (χ4v) is 1.79. The van der Waals surface area contributed by atoms with Crippen LogP contribution in [0, 0.1) is 5.41 Å². The van der Waals surface area contributed by atoms with Crippen molar-refractivity contribution in [2.75, 3.05) is 23.7 Å². The van der Waals surface area contributed by atoms with Crippen LogP contribution in [-0.4, -0.2) is 23.1 Å². The van der Waals surface area contributed by atoms with Crippen molar-refractivity contribution in [3.63, 3.8) is 0 Å². The topological polar surface area (TPSA) is 55.0 Å². The van der Waals surface area contributed by atoms with Gasteiger partial charge in [-0.3, -0.25) is 0 Å². The molecule has 0 unspecified atom stereocenters. The molecule has 17 heavy (non-hydrogen) atoms. The van der Waals surface area contributed by atoms with Crippen molar-refractivity contribution in [1.82, 2.24) is 9.97 Å². The van der Waals surface area contributed by atoms with Crippen LogP contribution in [0.4, 0.5) is 11.8 Å². The van der Waals surface area contributed by atoms with Crippen LogP contribution in [0.15, 0.2) is 6.07 Å². The van der Waals surface area contributed by atoms with Crippen LogP contribution in [0.3, 0.4) is 0 Å². The molecule has 1 heterocycles. The third kappa shape index (κ3) is 4.21. The lowest BCUT2D eigenvalue weighted by atomic mass is 9.90. The fraction of sp³-hybridized carbons (Fsp3) is 0.692. The van der Waals surface area contributed by atoms with Gasteiger partial charge in [-0.25, -0.2) is 4.98 Å². The minimum Gasteiger partial charge on any atom is -0.384 e. The second-order valence-corrected chi connectivity index (χ2v) is 5.49. The Kier molecular flexibility index (Phi) is 4.32. The predicted octanol–water partition coefficient (Wildman–Crippen LogP) is 2.49. The zero-order valence-corrected chi connectivity index (χ0v) is 11.6. The zero-order chi connectivity index (χ0) is 13.1. The molecule has 0 amide bonds. The first-order valence-corrected chi connectivity index (χ1v) is 6.24. The van der Waals surface area contributed by atoms with E-state index in [9.17, 15) is 0 Å². The summed E-state index contributed by atoms with van der Waals surface area (Å²) in [5.41, 5.74) is 7.08. The summed E-state index contributed by atoms with van der Waals surface area (Å²) in [7, 11) is 0. The Labute approximate surface area is 104 Å². The lowest BCUT2D eigenvalue weighted by molar-refractivity contribution is 0.406. The molecule has 96 valence electrons. The molecule has 0 bridgehead atoms. The maximum atomic E-state index is 5.85. The summed E-state index contributed by atoms with van der Waals surface area (Å²) in [6.07, 6.45) is 0.911. The van der Waals surface area contributed by atoms with Crippen molar-refractivity contribution in [3.8, 4) is 0 Å². The number of nitrogens with two attached hydrogens (primary N) is 1. The number of hydrogen-bond donors (Lipinski definition) is 1. The van der Waals surface area contributed by atoms with Crippen LogP contribution >= 0.6 is 0 Å². The molecule has 0 spiro atoms. The van der Waals surface area contributed by atoms with E-state index in [1.54, 1.807) is 0 Å². The number of nitrogens with zero attached hydrogens (tertiary/aromatic N) is 3. The van der Waals surface area contributed by atoms with Gasteiger partial charge < -0.3 is 10.6 Å². The number of aromatic nitrogens is 2. The van der Waals surface area contributed by atoms with E-state index >= 15 is 0 Å². The molecule has 0 aliphatic carbocycles. The Balaban J connectivity index is 3.01. The largest absolute Gasteiger partial charge is 0.384 e. The molecule has 0 aromatic carbocycles. The van der Waals surface area contributed by atoms with Crippen LogP contribution in [0.5, 0.6) is 0 Å². The summed E-state index contributed by atoms with van der Waals surface area (Å²) < 4.78 is 0. The van der Waals surface area contributed by atoms with Gasteiger partial charge in [0.2, 0.25) is 5.95 Å². The smallest absolute Gasteiger partial charge is 0.227 e. The van der Waals surface area contributed by atoms with Gasteiger partial charge in [0.15, 0.2) is 0 Å². The minimum atomic E-state index is 0.210. The summed E-state index contributed by atoms with van der Waals surface area (Å²) in [6.45, 7) is 12.6. The van der Waals surface area contributed by atoms with E-state index in [4.69, 9.17) is 5.73 Å². The third-order valence-electron chi connectivity index (χ3n) is 2.54. The number of nitrogen functional groups attached to an aromatic ring is 1. The number of hydrogen-bond acceptors (Lipinski definition) is 4. The average Bonchev–Trinajstić information content (AvgIpc) is 2.15. The molecule has 1 aromatic heterocycles. The molecular weight excluding hydrogens is 212 g/mol. The van der Waals surface area contributed by atoms with Crippen LogP contribution in [-0.2, 0) is 6.42 Å². The van der Waals surface area contributed by atoms with E-state index in [1.165, 1.54) is 0 Å². The number of anilines is 2. The van der Waals surface area contributed by atoms with Gasteiger partial charge in [0.25, 0.3) is 0 Å². The summed E-state index contributed by atoms with van der Waals surface area (Å²) in [5, 5.41) is 0. The molecule has 0 saturated heterocycles. The van der Waals surface area contributed by atoms with E-state index in [0.29, 0.717) is 5.82 Å². The molecule has 0 fully saturated rings. The van der Waals surface area contributed by atoms with Crippen molar-refractivity contribution >= 4 is 11.8 Å². The normalized spacial score (nSPS) is 11.6. The van der Waals surface area contributed by atoms with Gasteiger partial charge >= 0.3 is 0 Å². The standard InChI is InChI=1S/C13H24N4/c1-6-17(7-2)12-15-10(8-11(14)16-12)9-13(3,4)5/h8H,6-7,9H2,1-5H3,(H2,14,15,16). The highest BCUT2D eigenvalue weighted by Gasteiger charge is 2.15. The molecule has 2 N–H and O–H groups in total. The van der Waals surface area contributed by atoms with Gasteiger partial charge in [0.05, 0.1) is 0 Å². The molecule has 0 atom stereocenters. The van der Waals surface area contributed by atoms with Gasteiger partial charge in [0, 0.05) is 24.8 Å². The Bertz CT molecular complexity index is 364. The van der Waals surface area contributed by atoms with Crippen molar-refractivity contribution in [3.05, 3.63) is 11.8 Å². The molecule has 1 aromatic rings. The molecule has 0 saturated carbocycles. The Morgan fingerprint density at radius 2 is 1.76 bits per heavy atom. The predicted molar refractivity (Wildman–Crippen MR) is 73.2 cm³/mol. The second kappa shape index (κ2) is 5.34. The highest BCUT2D eigenvalue weighted by Crippen LogP contribution is 2.21. The summed E-state index contributed by atoms with van der Waals surface area (Å²) >= 11 is 0. The minimum absolute atomic E-state index is 0.210. The molecule has 0 radical (unpaired) electrons.